The Morgan fingerprint density at radius 3 is 0.938 bits per heavy atom. The molecule has 0 saturated carbocycles. The van der Waals surface area contributed by atoms with E-state index in [9.17, 15) is 9.59 Å². The molecule has 0 aliphatic heterocycles. The van der Waals surface area contributed by atoms with E-state index >= 15 is 0 Å². The molecule has 2 N–H and O–H groups in total. The van der Waals surface area contributed by atoms with Gasteiger partial charge in [-0.15, -0.1) is 0 Å². The largest absolute Gasteiger partial charge is 0.457 e. The molecule has 0 spiro atoms. The molecule has 0 aromatic heterocycles. The van der Waals surface area contributed by atoms with Gasteiger partial charge in [-0.1, -0.05) is 107 Å². The molecule has 0 heterocycles. The molecule has 0 unspecified atom stereocenters. The van der Waals surface area contributed by atoms with Crippen molar-refractivity contribution in [2.75, 3.05) is 0 Å². The number of hydrogen-bond donors (Lipinski definition) is 2. The fraction of sp³-hybridized carbons (Fsp3) is 0.238. The Hall–Kier alpha value is -5.04. The fourth-order valence-electron chi connectivity index (χ4n) is 5.63. The summed E-state index contributed by atoms with van der Waals surface area (Å²) in [7, 11) is 0. The van der Waals surface area contributed by atoms with E-state index in [4.69, 9.17) is 9.47 Å². The van der Waals surface area contributed by atoms with Gasteiger partial charge in [-0.05, 0) is 85.3 Å². The Kier molecular flexibility index (Phi) is 11.9. The maximum atomic E-state index is 12.4. The Morgan fingerprint density at radius 2 is 0.667 bits per heavy atom. The van der Waals surface area contributed by atoms with Gasteiger partial charge in [-0.2, -0.15) is 0 Å². The summed E-state index contributed by atoms with van der Waals surface area (Å²) < 4.78 is 11.0. The summed E-state index contributed by atoms with van der Waals surface area (Å²) in [6, 6.07) is 36.4. The number of carbonyl (C=O) groups is 2. The van der Waals surface area contributed by atoms with Gasteiger partial charge in [0, 0.05) is 26.2 Å². The maximum absolute atomic E-state index is 12.4. The monoisotopic (exact) mass is 640 g/mol. The lowest BCUT2D eigenvalue weighted by Gasteiger charge is -2.10. The lowest BCUT2D eigenvalue weighted by molar-refractivity contribution is 0.0464. The predicted octanol–water partition coefficient (Wildman–Crippen LogP) is 8.21. The minimum atomic E-state index is -0.300. The van der Waals surface area contributed by atoms with Gasteiger partial charge in [-0.3, -0.25) is 0 Å². The second kappa shape index (κ2) is 16.7. The number of rotatable bonds is 14. The number of ether oxygens (including phenoxy) is 2. The Bertz CT molecular complexity index is 1650. The lowest BCUT2D eigenvalue weighted by Crippen LogP contribution is -2.14. The minimum Gasteiger partial charge on any atom is -0.457 e. The Labute approximate surface area is 284 Å². The van der Waals surface area contributed by atoms with Gasteiger partial charge in [0.05, 0.1) is 11.1 Å². The second-order valence-corrected chi connectivity index (χ2v) is 12.6. The highest BCUT2D eigenvalue weighted by Crippen LogP contribution is 2.14. The van der Waals surface area contributed by atoms with Crippen LogP contribution in [0.15, 0.2) is 109 Å². The molecule has 5 aromatic rings. The van der Waals surface area contributed by atoms with Gasteiger partial charge < -0.3 is 20.1 Å². The molecule has 0 atom stereocenters. The molecule has 0 amide bonds. The van der Waals surface area contributed by atoms with Crippen molar-refractivity contribution in [2.24, 2.45) is 0 Å². The average molecular weight is 641 g/mol. The topological polar surface area (TPSA) is 76.7 Å². The van der Waals surface area contributed by atoms with Crippen LogP contribution in [0.5, 0.6) is 0 Å². The highest BCUT2D eigenvalue weighted by atomic mass is 16.5. The number of aryl methyl sites for hydroxylation is 4. The lowest BCUT2D eigenvalue weighted by atomic mass is 10.1. The molecule has 0 radical (unpaired) electrons. The van der Waals surface area contributed by atoms with Crippen LogP contribution >= 0.6 is 0 Å². The number of hydrogen-bond acceptors (Lipinski definition) is 6. The van der Waals surface area contributed by atoms with Crippen LogP contribution in [0.25, 0.3) is 0 Å². The van der Waals surface area contributed by atoms with Crippen molar-refractivity contribution in [2.45, 2.75) is 67.1 Å². The zero-order valence-electron chi connectivity index (χ0n) is 28.3. The summed E-state index contributed by atoms with van der Waals surface area (Å²) in [6.07, 6.45) is 0. The van der Waals surface area contributed by atoms with Gasteiger partial charge >= 0.3 is 11.9 Å². The van der Waals surface area contributed by atoms with Crippen LogP contribution in [-0.2, 0) is 48.9 Å². The van der Waals surface area contributed by atoms with E-state index in [1.54, 1.807) is 0 Å². The molecule has 5 aromatic carbocycles. The molecule has 246 valence electrons. The van der Waals surface area contributed by atoms with E-state index in [2.05, 4.69) is 59.2 Å². The first-order valence-electron chi connectivity index (χ1n) is 16.4. The van der Waals surface area contributed by atoms with Crippen molar-refractivity contribution < 1.29 is 19.1 Å². The number of esters is 2. The minimum absolute atomic E-state index is 0.251. The van der Waals surface area contributed by atoms with Crippen LogP contribution in [-0.4, -0.2) is 11.9 Å². The van der Waals surface area contributed by atoms with Gasteiger partial charge in [0.15, 0.2) is 0 Å². The molecule has 0 bridgehead atoms. The van der Waals surface area contributed by atoms with Gasteiger partial charge in [0.2, 0.25) is 0 Å². The van der Waals surface area contributed by atoms with E-state index in [1.165, 1.54) is 22.3 Å². The van der Waals surface area contributed by atoms with Gasteiger partial charge in [-0.25, -0.2) is 9.59 Å². The standard InChI is InChI=1S/C42H44N2O4/c1-29-17-30(2)20-39(19-29)41(45)47-27-37-13-9-35(10-14-37)25-43-23-33-5-7-34(8-6-33)24-44-26-36-11-15-38(16-12-36)28-48-42(46)40-21-31(3)18-32(4)22-40/h5-22,43-44H,23-28H2,1-4H3. The summed E-state index contributed by atoms with van der Waals surface area (Å²) >= 11 is 0. The highest BCUT2D eigenvalue weighted by molar-refractivity contribution is 5.90. The molecule has 6 heteroatoms. The zero-order chi connectivity index (χ0) is 33.9. The van der Waals surface area contributed by atoms with Crippen LogP contribution < -0.4 is 10.6 Å². The van der Waals surface area contributed by atoms with Crippen LogP contribution in [0.1, 0.15) is 76.4 Å². The summed E-state index contributed by atoms with van der Waals surface area (Å²) in [5.41, 5.74) is 12.1. The highest BCUT2D eigenvalue weighted by Gasteiger charge is 2.10. The van der Waals surface area contributed by atoms with Crippen LogP contribution in [0.4, 0.5) is 0 Å². The first-order chi connectivity index (χ1) is 23.2. The average Bonchev–Trinajstić information content (AvgIpc) is 3.07. The SMILES string of the molecule is Cc1cc(C)cc(C(=O)OCc2ccc(CNCc3ccc(CNCc4ccc(COC(=O)c5cc(C)cc(C)c5)cc4)cc3)cc2)c1. The van der Waals surface area contributed by atoms with Crippen molar-refractivity contribution in [1.29, 1.82) is 0 Å². The molecular formula is C42H44N2O4. The normalized spacial score (nSPS) is 10.9. The molecule has 6 nitrogen and oxygen atoms in total. The molecule has 0 saturated heterocycles. The van der Waals surface area contributed by atoms with E-state index in [0.717, 1.165) is 59.6 Å². The zero-order valence-corrected chi connectivity index (χ0v) is 28.3. The molecule has 0 aliphatic carbocycles. The van der Waals surface area contributed by atoms with Crippen molar-refractivity contribution in [3.8, 4) is 0 Å². The number of nitrogens with one attached hydrogen (secondary N) is 2. The van der Waals surface area contributed by atoms with E-state index in [-0.39, 0.29) is 25.2 Å². The summed E-state index contributed by atoms with van der Waals surface area (Å²) in [5.74, 6) is -0.599. The van der Waals surface area contributed by atoms with Crippen molar-refractivity contribution in [1.82, 2.24) is 10.6 Å². The summed E-state index contributed by atoms with van der Waals surface area (Å²) in [4.78, 5) is 24.9. The van der Waals surface area contributed by atoms with Crippen LogP contribution in [0, 0.1) is 27.7 Å². The summed E-state index contributed by atoms with van der Waals surface area (Å²) in [6.45, 7) is 11.5. The van der Waals surface area contributed by atoms with Gasteiger partial charge in [0.1, 0.15) is 13.2 Å². The van der Waals surface area contributed by atoms with Crippen LogP contribution in [0.2, 0.25) is 0 Å². The third kappa shape index (κ3) is 10.5. The van der Waals surface area contributed by atoms with Crippen molar-refractivity contribution >= 4 is 11.9 Å². The van der Waals surface area contributed by atoms with Crippen molar-refractivity contribution in [3.63, 3.8) is 0 Å². The molecule has 0 aliphatic rings. The summed E-state index contributed by atoms with van der Waals surface area (Å²) in [5, 5.41) is 7.02. The maximum Gasteiger partial charge on any atom is 0.338 e. The first kappa shape index (κ1) is 34.3. The molecule has 5 rings (SSSR count). The third-order valence-corrected chi connectivity index (χ3v) is 8.04. The Balaban J connectivity index is 0.975. The molecule has 0 fully saturated rings. The number of carbonyl (C=O) groups excluding carboxylic acids is 2. The quantitative estimate of drug-likeness (QED) is 0.119. The predicted molar refractivity (Wildman–Crippen MR) is 190 cm³/mol. The smallest absolute Gasteiger partial charge is 0.338 e. The fourth-order valence-corrected chi connectivity index (χ4v) is 5.63. The third-order valence-electron chi connectivity index (χ3n) is 8.04. The van der Waals surface area contributed by atoms with Crippen molar-refractivity contribution in [3.05, 3.63) is 176 Å². The van der Waals surface area contributed by atoms with E-state index < -0.39 is 0 Å². The molecular weight excluding hydrogens is 596 g/mol. The van der Waals surface area contributed by atoms with E-state index in [1.807, 2.05) is 88.4 Å². The van der Waals surface area contributed by atoms with E-state index in [0.29, 0.717) is 11.1 Å². The molecule has 48 heavy (non-hydrogen) atoms. The Morgan fingerprint density at radius 1 is 0.417 bits per heavy atom. The number of benzene rings is 5. The van der Waals surface area contributed by atoms with Gasteiger partial charge in [0.25, 0.3) is 0 Å². The van der Waals surface area contributed by atoms with Crippen LogP contribution in [0.3, 0.4) is 0 Å². The second-order valence-electron chi connectivity index (χ2n) is 12.6. The first-order valence-corrected chi connectivity index (χ1v) is 16.4.